The van der Waals surface area contributed by atoms with Crippen molar-refractivity contribution in [3.63, 3.8) is 0 Å². The van der Waals surface area contributed by atoms with Crippen molar-refractivity contribution in [2.24, 2.45) is 0 Å². The molecule has 0 aliphatic carbocycles. The van der Waals surface area contributed by atoms with Gasteiger partial charge in [-0.25, -0.2) is 13.1 Å². The van der Waals surface area contributed by atoms with Gasteiger partial charge in [0.25, 0.3) is 0 Å². The minimum Gasteiger partial charge on any atom is -0.508 e. The Balaban J connectivity index is 2.47. The van der Waals surface area contributed by atoms with E-state index in [9.17, 15) is 13.5 Å². The van der Waals surface area contributed by atoms with Crippen molar-refractivity contribution in [1.82, 2.24) is 4.72 Å². The Labute approximate surface area is 131 Å². The molecule has 0 saturated heterocycles. The van der Waals surface area contributed by atoms with Gasteiger partial charge in [-0.1, -0.05) is 18.2 Å². The molecule has 0 atom stereocenters. The lowest BCUT2D eigenvalue weighted by Gasteiger charge is -2.20. The van der Waals surface area contributed by atoms with Gasteiger partial charge in [0.15, 0.2) is 0 Å². The molecule has 5 heteroatoms. The van der Waals surface area contributed by atoms with Gasteiger partial charge in [0.1, 0.15) is 5.75 Å². The van der Waals surface area contributed by atoms with E-state index in [-0.39, 0.29) is 10.6 Å². The molecule has 0 aliphatic heterocycles. The fourth-order valence-corrected chi connectivity index (χ4v) is 3.70. The van der Waals surface area contributed by atoms with E-state index in [1.165, 1.54) is 0 Å². The van der Waals surface area contributed by atoms with Crippen molar-refractivity contribution < 1.29 is 13.5 Å². The Morgan fingerprint density at radius 3 is 2.27 bits per heavy atom. The second-order valence-corrected chi connectivity index (χ2v) is 8.12. The van der Waals surface area contributed by atoms with Gasteiger partial charge in [-0.05, 0) is 68.7 Å². The zero-order valence-corrected chi connectivity index (χ0v) is 14.0. The first-order valence-electron chi connectivity index (χ1n) is 7.02. The summed E-state index contributed by atoms with van der Waals surface area (Å²) in [4.78, 5) is 0.209. The Bertz CT molecular complexity index is 770. The maximum Gasteiger partial charge on any atom is 0.241 e. The third-order valence-corrected chi connectivity index (χ3v) is 4.74. The monoisotopic (exact) mass is 319 g/mol. The van der Waals surface area contributed by atoms with Gasteiger partial charge in [0, 0.05) is 5.54 Å². The predicted octanol–water partition coefficient (Wildman–Crippen LogP) is 3.44. The van der Waals surface area contributed by atoms with Crippen molar-refractivity contribution in [2.45, 2.75) is 38.1 Å². The highest BCUT2D eigenvalue weighted by molar-refractivity contribution is 7.89. The lowest BCUT2D eigenvalue weighted by atomic mass is 10.0. The lowest BCUT2D eigenvalue weighted by molar-refractivity contribution is 0.475. The maximum atomic E-state index is 12.4. The van der Waals surface area contributed by atoms with E-state index >= 15 is 0 Å². The van der Waals surface area contributed by atoms with E-state index in [1.807, 2.05) is 19.1 Å². The van der Waals surface area contributed by atoms with E-state index in [0.29, 0.717) is 0 Å². The quantitative estimate of drug-likeness (QED) is 0.910. The number of rotatable bonds is 3. The average Bonchev–Trinajstić information content (AvgIpc) is 2.35. The molecule has 0 saturated carbocycles. The van der Waals surface area contributed by atoms with Crippen LogP contribution >= 0.6 is 0 Å². The summed E-state index contributed by atoms with van der Waals surface area (Å²) in [5.41, 5.74) is 1.90. The second kappa shape index (κ2) is 5.74. The molecule has 0 aromatic heterocycles. The number of benzene rings is 2. The summed E-state index contributed by atoms with van der Waals surface area (Å²) in [6.07, 6.45) is 0. The number of hydrogen-bond acceptors (Lipinski definition) is 3. The molecule has 22 heavy (non-hydrogen) atoms. The third kappa shape index (κ3) is 4.08. The Kier molecular flexibility index (Phi) is 4.31. The highest BCUT2D eigenvalue weighted by Crippen LogP contribution is 2.27. The van der Waals surface area contributed by atoms with Gasteiger partial charge in [-0.15, -0.1) is 0 Å². The van der Waals surface area contributed by atoms with Crippen molar-refractivity contribution in [1.29, 1.82) is 0 Å². The van der Waals surface area contributed by atoms with Crippen LogP contribution in [0.3, 0.4) is 0 Å². The minimum atomic E-state index is -3.58. The summed E-state index contributed by atoms with van der Waals surface area (Å²) >= 11 is 0. The summed E-state index contributed by atoms with van der Waals surface area (Å²) in [7, 11) is -3.58. The standard InChI is InChI=1S/C17H21NO3S/c1-12-8-14(10-15(19)9-12)13-6-5-7-16(11-13)22(20,21)18-17(2,3)4/h5-11,18-19H,1-4H3. The molecule has 0 radical (unpaired) electrons. The molecular formula is C17H21NO3S. The van der Waals surface area contributed by atoms with Crippen LogP contribution in [0.1, 0.15) is 26.3 Å². The number of aryl methyl sites for hydroxylation is 1. The van der Waals surface area contributed by atoms with Crippen LogP contribution in [0, 0.1) is 6.92 Å². The molecule has 0 aliphatic rings. The van der Waals surface area contributed by atoms with E-state index in [4.69, 9.17) is 0 Å². The number of phenols is 1. The second-order valence-electron chi connectivity index (χ2n) is 6.44. The molecule has 0 fully saturated rings. The maximum absolute atomic E-state index is 12.4. The summed E-state index contributed by atoms with van der Waals surface area (Å²) in [6.45, 7) is 7.28. The molecule has 0 heterocycles. The van der Waals surface area contributed by atoms with Crippen LogP contribution in [0.5, 0.6) is 5.75 Å². The fourth-order valence-electron chi connectivity index (χ4n) is 2.23. The van der Waals surface area contributed by atoms with E-state index in [2.05, 4.69) is 4.72 Å². The highest BCUT2D eigenvalue weighted by Gasteiger charge is 2.22. The van der Waals surface area contributed by atoms with E-state index < -0.39 is 15.6 Å². The first kappa shape index (κ1) is 16.5. The summed E-state index contributed by atoms with van der Waals surface area (Å²) in [5, 5.41) is 9.71. The minimum absolute atomic E-state index is 0.163. The molecule has 0 bridgehead atoms. The molecule has 0 unspecified atom stereocenters. The molecule has 0 amide bonds. The lowest BCUT2D eigenvalue weighted by Crippen LogP contribution is -2.40. The number of sulfonamides is 1. The van der Waals surface area contributed by atoms with Crippen molar-refractivity contribution in [2.75, 3.05) is 0 Å². The van der Waals surface area contributed by atoms with E-state index in [1.54, 1.807) is 51.1 Å². The highest BCUT2D eigenvalue weighted by atomic mass is 32.2. The topological polar surface area (TPSA) is 66.4 Å². The molecular weight excluding hydrogens is 298 g/mol. The molecule has 4 nitrogen and oxygen atoms in total. The average molecular weight is 319 g/mol. The Hall–Kier alpha value is -1.85. The molecule has 2 rings (SSSR count). The van der Waals surface area contributed by atoms with Gasteiger partial charge in [-0.3, -0.25) is 0 Å². The molecule has 2 aromatic rings. The summed E-state index contributed by atoms with van der Waals surface area (Å²) < 4.78 is 27.4. The van der Waals surface area contributed by atoms with Crippen LogP contribution in [0.25, 0.3) is 11.1 Å². The first-order chi connectivity index (χ1) is 10.1. The van der Waals surface area contributed by atoms with Crippen LogP contribution < -0.4 is 4.72 Å². The normalized spacial score (nSPS) is 12.4. The number of phenolic OH excluding ortho intramolecular Hbond substituents is 1. The smallest absolute Gasteiger partial charge is 0.241 e. The predicted molar refractivity (Wildman–Crippen MR) is 88.4 cm³/mol. The fraction of sp³-hybridized carbons (Fsp3) is 0.294. The molecule has 118 valence electrons. The summed E-state index contributed by atoms with van der Waals surface area (Å²) in [5.74, 6) is 0.163. The Morgan fingerprint density at radius 1 is 1.00 bits per heavy atom. The Morgan fingerprint density at radius 2 is 1.68 bits per heavy atom. The third-order valence-electron chi connectivity index (χ3n) is 2.98. The van der Waals surface area contributed by atoms with Gasteiger partial charge in [-0.2, -0.15) is 0 Å². The van der Waals surface area contributed by atoms with Crippen LogP contribution in [0.4, 0.5) is 0 Å². The van der Waals surface area contributed by atoms with Crippen LogP contribution in [0.15, 0.2) is 47.4 Å². The van der Waals surface area contributed by atoms with Gasteiger partial charge >= 0.3 is 0 Å². The number of hydrogen-bond donors (Lipinski definition) is 2. The van der Waals surface area contributed by atoms with Crippen LogP contribution in [-0.4, -0.2) is 19.1 Å². The SMILES string of the molecule is Cc1cc(O)cc(-c2cccc(S(=O)(=O)NC(C)(C)C)c2)c1. The molecule has 2 N–H and O–H groups in total. The first-order valence-corrected chi connectivity index (χ1v) is 8.50. The van der Waals surface area contributed by atoms with Gasteiger partial charge < -0.3 is 5.11 Å². The van der Waals surface area contributed by atoms with Crippen LogP contribution in [-0.2, 0) is 10.0 Å². The van der Waals surface area contributed by atoms with Gasteiger partial charge in [0.2, 0.25) is 10.0 Å². The van der Waals surface area contributed by atoms with Gasteiger partial charge in [0.05, 0.1) is 4.90 Å². The van der Waals surface area contributed by atoms with Crippen molar-refractivity contribution >= 4 is 10.0 Å². The largest absolute Gasteiger partial charge is 0.508 e. The number of aromatic hydroxyl groups is 1. The zero-order valence-electron chi connectivity index (χ0n) is 13.2. The van der Waals surface area contributed by atoms with Crippen LogP contribution in [0.2, 0.25) is 0 Å². The summed E-state index contributed by atoms with van der Waals surface area (Å²) in [6, 6.07) is 11.9. The van der Waals surface area contributed by atoms with E-state index in [0.717, 1.165) is 16.7 Å². The van der Waals surface area contributed by atoms with Crippen molar-refractivity contribution in [3.8, 4) is 16.9 Å². The zero-order chi connectivity index (χ0) is 16.5. The van der Waals surface area contributed by atoms with Crippen molar-refractivity contribution in [3.05, 3.63) is 48.0 Å². The molecule has 2 aromatic carbocycles. The number of nitrogens with one attached hydrogen (secondary N) is 1. The molecule has 0 spiro atoms.